The van der Waals surface area contributed by atoms with Gasteiger partial charge in [-0.2, -0.15) is 65.1 Å². The van der Waals surface area contributed by atoms with Crippen LogP contribution in [0.4, 0.5) is 52.7 Å². The van der Waals surface area contributed by atoms with Gasteiger partial charge in [-0.05, 0) is 24.3 Å². The number of benzene rings is 2. The number of hydrogen-bond donors (Lipinski definition) is 0. The van der Waals surface area contributed by atoms with Crippen LogP contribution in [-0.2, 0) is 25.9 Å². The fraction of sp³-hybridized carbons (Fsp3) is 0.294. The van der Waals surface area contributed by atoms with Gasteiger partial charge in [0.15, 0.2) is 0 Å². The van der Waals surface area contributed by atoms with E-state index in [1.54, 1.807) is 0 Å². The van der Waals surface area contributed by atoms with Crippen LogP contribution in [0.1, 0.15) is 11.1 Å². The summed E-state index contributed by atoms with van der Waals surface area (Å²) in [4.78, 5) is 0. The van der Waals surface area contributed by atoms with Gasteiger partial charge < -0.3 is 8.37 Å². The second-order valence-electron chi connectivity index (χ2n) is 6.75. The summed E-state index contributed by atoms with van der Waals surface area (Å²) in [7, 11) is -12.6. The fourth-order valence-electron chi connectivity index (χ4n) is 2.55. The predicted octanol–water partition coefficient (Wildman–Crippen LogP) is 5.55. The molecule has 0 fully saturated rings. The van der Waals surface area contributed by atoms with Crippen molar-refractivity contribution in [1.82, 2.24) is 0 Å². The Morgan fingerprint density at radius 1 is 0.486 bits per heavy atom. The number of rotatable bonds is 7. The van der Waals surface area contributed by atoms with Crippen LogP contribution in [0.2, 0.25) is 0 Å². The van der Waals surface area contributed by atoms with E-state index in [-0.39, 0.29) is 48.5 Å². The molecule has 20 heteroatoms. The van der Waals surface area contributed by atoms with Crippen LogP contribution in [-0.4, -0.2) is 40.0 Å². The SMILES string of the molecule is O=S(=O)(Oc1ccc(C(F)(c2ccc(OS(=O)(=O)C(F)(F)F)cc2)C(F)(F)C(F)(F)F)cc1)C(F)(F)F. The van der Waals surface area contributed by atoms with Gasteiger partial charge in [0.05, 0.1) is 0 Å². The van der Waals surface area contributed by atoms with Gasteiger partial charge in [-0.3, -0.25) is 0 Å². The minimum absolute atomic E-state index is 0.0272. The monoisotopic (exact) mass is 600 g/mol. The van der Waals surface area contributed by atoms with E-state index in [1.165, 1.54) is 0 Å². The van der Waals surface area contributed by atoms with Gasteiger partial charge in [0.2, 0.25) is 5.67 Å². The smallest absolute Gasteiger partial charge is 0.376 e. The fourth-order valence-corrected chi connectivity index (χ4v) is 3.47. The van der Waals surface area contributed by atoms with Gasteiger partial charge in [0.25, 0.3) is 0 Å². The van der Waals surface area contributed by atoms with Crippen molar-refractivity contribution in [2.45, 2.75) is 28.8 Å². The standard InChI is InChI=1S/C17H8F12O6S2/c18-13(14(19,20)15(21,22)23,9-1-5-11(6-2-9)34-36(30,31)16(24,25)26)10-3-7-12(8-4-10)35-37(32,33)17(27,28)29/h1-8H. The molecule has 0 heterocycles. The zero-order valence-corrected chi connectivity index (χ0v) is 18.6. The lowest BCUT2D eigenvalue weighted by atomic mass is 9.82. The van der Waals surface area contributed by atoms with Crippen molar-refractivity contribution in [3.05, 3.63) is 59.7 Å². The lowest BCUT2D eigenvalue weighted by Crippen LogP contribution is -2.53. The summed E-state index contributed by atoms with van der Waals surface area (Å²) in [6.45, 7) is 0. The third-order valence-electron chi connectivity index (χ3n) is 4.27. The van der Waals surface area contributed by atoms with Crippen molar-refractivity contribution in [2.75, 3.05) is 0 Å². The summed E-state index contributed by atoms with van der Waals surface area (Å²) in [5.41, 5.74) is -20.1. The Labute approximate surface area is 198 Å². The second-order valence-corrected chi connectivity index (χ2v) is 9.82. The maximum absolute atomic E-state index is 15.7. The minimum atomic E-state index is -6.63. The van der Waals surface area contributed by atoms with Gasteiger partial charge in [-0.25, -0.2) is 4.39 Å². The molecule has 0 saturated carbocycles. The Morgan fingerprint density at radius 3 is 0.973 bits per heavy atom. The molecule has 2 aromatic carbocycles. The molecule has 0 N–H and O–H groups in total. The second kappa shape index (κ2) is 9.14. The first-order chi connectivity index (χ1) is 16.4. The molecule has 37 heavy (non-hydrogen) atoms. The van der Waals surface area contributed by atoms with Crippen molar-refractivity contribution in [3.63, 3.8) is 0 Å². The summed E-state index contributed by atoms with van der Waals surface area (Å²) < 4.78 is 209. The molecule has 0 radical (unpaired) electrons. The summed E-state index contributed by atoms with van der Waals surface area (Å²) in [5, 5.41) is 0. The molecule has 0 saturated heterocycles. The molecule has 0 amide bonds. The molecule has 2 aromatic rings. The average molecular weight is 600 g/mol. The van der Waals surface area contributed by atoms with E-state index < -0.39 is 71.6 Å². The molecular weight excluding hydrogens is 592 g/mol. The zero-order valence-electron chi connectivity index (χ0n) is 16.9. The highest BCUT2D eigenvalue weighted by Gasteiger charge is 2.72. The van der Waals surface area contributed by atoms with Gasteiger partial charge >= 0.3 is 43.4 Å². The molecule has 0 unspecified atom stereocenters. The van der Waals surface area contributed by atoms with E-state index in [1.807, 2.05) is 0 Å². The average Bonchev–Trinajstić information content (AvgIpc) is 2.71. The first kappa shape index (κ1) is 30.3. The van der Waals surface area contributed by atoms with Crippen LogP contribution in [0.15, 0.2) is 48.5 Å². The highest BCUT2D eigenvalue weighted by molar-refractivity contribution is 7.88. The summed E-state index contributed by atoms with van der Waals surface area (Å²) in [5.74, 6) is -8.85. The van der Waals surface area contributed by atoms with Crippen LogP contribution < -0.4 is 8.37 Å². The van der Waals surface area contributed by atoms with Gasteiger partial charge in [0, 0.05) is 11.1 Å². The molecule has 0 spiro atoms. The van der Waals surface area contributed by atoms with Crippen molar-refractivity contribution in [1.29, 1.82) is 0 Å². The predicted molar refractivity (Wildman–Crippen MR) is 97.0 cm³/mol. The van der Waals surface area contributed by atoms with Gasteiger partial charge in [-0.1, -0.05) is 24.3 Å². The Hall–Kier alpha value is -2.90. The molecule has 0 aliphatic heterocycles. The normalized spacial score (nSPS) is 14.4. The van der Waals surface area contributed by atoms with E-state index in [9.17, 15) is 65.1 Å². The van der Waals surface area contributed by atoms with Crippen molar-refractivity contribution in [3.8, 4) is 11.5 Å². The zero-order chi connectivity index (χ0) is 28.9. The minimum Gasteiger partial charge on any atom is -0.376 e. The van der Waals surface area contributed by atoms with Gasteiger partial charge in [0.1, 0.15) is 11.5 Å². The van der Waals surface area contributed by atoms with Crippen molar-refractivity contribution < 1.29 is 77.9 Å². The summed E-state index contributed by atoms with van der Waals surface area (Å²) in [6.07, 6.45) is -6.63. The third-order valence-corrected chi connectivity index (χ3v) is 6.23. The van der Waals surface area contributed by atoms with Crippen molar-refractivity contribution >= 4 is 20.2 Å². The van der Waals surface area contributed by atoms with Crippen LogP contribution in [0.25, 0.3) is 0 Å². The molecular formula is C17H8F12O6S2. The first-order valence-corrected chi connectivity index (χ1v) is 11.5. The largest absolute Gasteiger partial charge is 0.534 e. The molecule has 0 aromatic heterocycles. The van der Waals surface area contributed by atoms with E-state index >= 15 is 4.39 Å². The van der Waals surface area contributed by atoms with E-state index in [0.717, 1.165) is 0 Å². The maximum Gasteiger partial charge on any atom is 0.534 e. The molecule has 0 atom stereocenters. The molecule has 6 nitrogen and oxygen atoms in total. The molecule has 2 rings (SSSR count). The Morgan fingerprint density at radius 2 is 0.757 bits per heavy atom. The molecule has 0 aliphatic carbocycles. The first-order valence-electron chi connectivity index (χ1n) is 8.73. The highest BCUT2D eigenvalue weighted by Crippen LogP contribution is 2.54. The molecule has 0 bridgehead atoms. The Kier molecular flexibility index (Phi) is 7.49. The van der Waals surface area contributed by atoms with E-state index in [2.05, 4.69) is 8.37 Å². The highest BCUT2D eigenvalue weighted by atomic mass is 32.2. The summed E-state index contributed by atoms with van der Waals surface area (Å²) in [6, 6.07) is 0.580. The quantitative estimate of drug-likeness (QED) is 0.235. The topological polar surface area (TPSA) is 86.7 Å². The number of alkyl halides is 12. The third kappa shape index (κ3) is 5.68. The van der Waals surface area contributed by atoms with Gasteiger partial charge in [-0.15, -0.1) is 0 Å². The lowest BCUT2D eigenvalue weighted by Gasteiger charge is -2.35. The summed E-state index contributed by atoms with van der Waals surface area (Å²) >= 11 is 0. The maximum atomic E-state index is 15.7. The lowest BCUT2D eigenvalue weighted by molar-refractivity contribution is -0.323. The van der Waals surface area contributed by atoms with Crippen LogP contribution in [0, 0.1) is 0 Å². The van der Waals surface area contributed by atoms with Crippen molar-refractivity contribution in [2.24, 2.45) is 0 Å². The Balaban J connectivity index is 2.60. The van der Waals surface area contributed by atoms with Crippen LogP contribution in [0.5, 0.6) is 11.5 Å². The Bertz CT molecular complexity index is 1240. The van der Waals surface area contributed by atoms with E-state index in [0.29, 0.717) is 0 Å². The van der Waals surface area contributed by atoms with E-state index in [4.69, 9.17) is 0 Å². The number of halogens is 12. The van der Waals surface area contributed by atoms with Crippen LogP contribution in [0.3, 0.4) is 0 Å². The van der Waals surface area contributed by atoms with Crippen LogP contribution >= 0.6 is 0 Å². The molecule has 0 aliphatic rings. The number of hydrogen-bond acceptors (Lipinski definition) is 6. The molecule has 208 valence electrons.